The van der Waals surface area contributed by atoms with Gasteiger partial charge in [0.2, 0.25) is 5.91 Å². The number of carboxylic acids is 1. The van der Waals surface area contributed by atoms with E-state index in [1.165, 1.54) is 0 Å². The molecule has 1 aliphatic heterocycles. The van der Waals surface area contributed by atoms with Crippen molar-refractivity contribution < 1.29 is 24.2 Å². The third kappa shape index (κ3) is 3.76. The number of amides is 1. The zero-order chi connectivity index (χ0) is 17.8. The Balaban J connectivity index is 1.74. The maximum Gasteiger partial charge on any atom is 0.326 e. The van der Waals surface area contributed by atoms with Crippen molar-refractivity contribution in [3.05, 3.63) is 30.0 Å². The maximum absolute atomic E-state index is 12.4. The summed E-state index contributed by atoms with van der Waals surface area (Å²) in [6, 6.07) is 4.67. The molecule has 3 rings (SSSR count). The standard InChI is InChI=1S/C18H22N2O5/c1-24-14-6-2-5-13-16(14)12(9-19-13)8-15(21)20-17(18(22)23)11-4-3-7-25-10-11/h2,5-6,9,11,17,19H,3-4,7-8,10H2,1H3,(H,20,21)(H,22,23). The van der Waals surface area contributed by atoms with Crippen LogP contribution >= 0.6 is 0 Å². The molecule has 2 heterocycles. The van der Waals surface area contributed by atoms with Gasteiger partial charge in [0.1, 0.15) is 11.8 Å². The molecule has 1 saturated heterocycles. The smallest absolute Gasteiger partial charge is 0.326 e. The summed E-state index contributed by atoms with van der Waals surface area (Å²) in [7, 11) is 1.58. The minimum atomic E-state index is -1.03. The number of carboxylic acid groups (broad SMARTS) is 1. The Morgan fingerprint density at radius 3 is 3.00 bits per heavy atom. The molecule has 1 aliphatic rings. The van der Waals surface area contributed by atoms with E-state index in [-0.39, 0.29) is 18.2 Å². The Kier molecular flexibility index (Phi) is 5.23. The number of H-pyrrole nitrogens is 1. The van der Waals surface area contributed by atoms with Crippen LogP contribution in [0.25, 0.3) is 10.9 Å². The van der Waals surface area contributed by atoms with Crippen molar-refractivity contribution >= 4 is 22.8 Å². The second-order valence-corrected chi connectivity index (χ2v) is 6.23. The zero-order valence-electron chi connectivity index (χ0n) is 14.1. The normalized spacial score (nSPS) is 18.7. The van der Waals surface area contributed by atoms with Gasteiger partial charge in [-0.2, -0.15) is 0 Å². The van der Waals surface area contributed by atoms with Gasteiger partial charge < -0.3 is 24.9 Å². The summed E-state index contributed by atoms with van der Waals surface area (Å²) in [4.78, 5) is 27.1. The van der Waals surface area contributed by atoms with Gasteiger partial charge in [-0.05, 0) is 30.5 Å². The lowest BCUT2D eigenvalue weighted by molar-refractivity contribution is -0.145. The van der Waals surface area contributed by atoms with Crippen molar-refractivity contribution in [2.75, 3.05) is 20.3 Å². The molecule has 0 radical (unpaired) electrons. The number of carbonyl (C=O) groups excluding carboxylic acids is 1. The fourth-order valence-corrected chi connectivity index (χ4v) is 3.34. The lowest BCUT2D eigenvalue weighted by Crippen LogP contribution is -2.48. The third-order valence-corrected chi connectivity index (χ3v) is 4.57. The molecule has 0 saturated carbocycles. The molecule has 25 heavy (non-hydrogen) atoms. The molecule has 2 atom stereocenters. The van der Waals surface area contributed by atoms with Crippen molar-refractivity contribution in [3.63, 3.8) is 0 Å². The number of fused-ring (bicyclic) bond motifs is 1. The minimum Gasteiger partial charge on any atom is -0.496 e. The molecule has 2 unspecified atom stereocenters. The molecule has 0 spiro atoms. The van der Waals surface area contributed by atoms with Crippen LogP contribution in [0.15, 0.2) is 24.4 Å². The maximum atomic E-state index is 12.4. The van der Waals surface area contributed by atoms with Crippen molar-refractivity contribution in [2.24, 2.45) is 5.92 Å². The molecule has 7 heteroatoms. The molecule has 1 fully saturated rings. The third-order valence-electron chi connectivity index (χ3n) is 4.57. The fourth-order valence-electron chi connectivity index (χ4n) is 3.34. The molecule has 0 bridgehead atoms. The van der Waals surface area contributed by atoms with Crippen LogP contribution in [0.1, 0.15) is 18.4 Å². The zero-order valence-corrected chi connectivity index (χ0v) is 14.1. The van der Waals surface area contributed by atoms with Crippen molar-refractivity contribution in [3.8, 4) is 5.75 Å². The van der Waals surface area contributed by atoms with Crippen LogP contribution < -0.4 is 10.1 Å². The Hall–Kier alpha value is -2.54. The van der Waals surface area contributed by atoms with Crippen molar-refractivity contribution in [2.45, 2.75) is 25.3 Å². The first-order valence-electron chi connectivity index (χ1n) is 8.33. The molecule has 7 nitrogen and oxygen atoms in total. The van der Waals surface area contributed by atoms with Gasteiger partial charge in [-0.25, -0.2) is 4.79 Å². The van der Waals surface area contributed by atoms with E-state index in [9.17, 15) is 14.7 Å². The van der Waals surface area contributed by atoms with Crippen LogP contribution in [0.2, 0.25) is 0 Å². The van der Waals surface area contributed by atoms with Crippen LogP contribution in [-0.4, -0.2) is 48.3 Å². The number of aromatic nitrogens is 1. The molecule has 1 aromatic carbocycles. The summed E-state index contributed by atoms with van der Waals surface area (Å²) in [5, 5.41) is 13.0. The van der Waals surface area contributed by atoms with Crippen LogP contribution in [-0.2, 0) is 20.7 Å². The summed E-state index contributed by atoms with van der Waals surface area (Å²) in [6.45, 7) is 1.00. The first-order chi connectivity index (χ1) is 12.1. The van der Waals surface area contributed by atoms with E-state index in [0.717, 1.165) is 29.3 Å². The summed E-state index contributed by atoms with van der Waals surface area (Å²) in [5.74, 6) is -0.880. The van der Waals surface area contributed by atoms with E-state index in [1.54, 1.807) is 13.3 Å². The molecule has 1 aromatic heterocycles. The number of hydrogen-bond acceptors (Lipinski definition) is 4. The monoisotopic (exact) mass is 346 g/mol. The van der Waals surface area contributed by atoms with E-state index in [2.05, 4.69) is 10.3 Å². The largest absolute Gasteiger partial charge is 0.496 e. The topological polar surface area (TPSA) is 101 Å². The van der Waals surface area contributed by atoms with Gasteiger partial charge in [0.05, 0.1) is 20.1 Å². The second-order valence-electron chi connectivity index (χ2n) is 6.23. The number of carbonyl (C=O) groups is 2. The van der Waals surface area contributed by atoms with Gasteiger partial charge in [-0.15, -0.1) is 0 Å². The molecule has 0 aliphatic carbocycles. The Morgan fingerprint density at radius 2 is 2.32 bits per heavy atom. The van der Waals surface area contributed by atoms with Gasteiger partial charge in [0, 0.05) is 29.6 Å². The summed E-state index contributed by atoms with van der Waals surface area (Å²) in [5.41, 5.74) is 1.64. The first-order valence-corrected chi connectivity index (χ1v) is 8.33. The van der Waals surface area contributed by atoms with Gasteiger partial charge in [-0.3, -0.25) is 4.79 Å². The minimum absolute atomic E-state index is 0.0811. The molecular weight excluding hydrogens is 324 g/mol. The lowest BCUT2D eigenvalue weighted by atomic mass is 9.93. The highest BCUT2D eigenvalue weighted by Crippen LogP contribution is 2.29. The number of aromatic amines is 1. The van der Waals surface area contributed by atoms with Crippen molar-refractivity contribution in [1.82, 2.24) is 10.3 Å². The average Bonchev–Trinajstić information content (AvgIpc) is 3.03. The van der Waals surface area contributed by atoms with E-state index in [1.807, 2.05) is 18.2 Å². The highest BCUT2D eigenvalue weighted by atomic mass is 16.5. The summed E-state index contributed by atoms with van der Waals surface area (Å²) < 4.78 is 10.7. The van der Waals surface area contributed by atoms with E-state index < -0.39 is 12.0 Å². The van der Waals surface area contributed by atoms with E-state index in [0.29, 0.717) is 19.0 Å². The predicted octanol–water partition coefficient (Wildman–Crippen LogP) is 1.71. The van der Waals surface area contributed by atoms with Crippen LogP contribution in [0, 0.1) is 5.92 Å². The van der Waals surface area contributed by atoms with Crippen molar-refractivity contribution in [1.29, 1.82) is 0 Å². The number of hydrogen-bond donors (Lipinski definition) is 3. The highest BCUT2D eigenvalue weighted by molar-refractivity contribution is 5.94. The average molecular weight is 346 g/mol. The van der Waals surface area contributed by atoms with E-state index in [4.69, 9.17) is 9.47 Å². The molecule has 3 N–H and O–H groups in total. The first kappa shape index (κ1) is 17.3. The van der Waals surface area contributed by atoms with Crippen LogP contribution in [0.5, 0.6) is 5.75 Å². The summed E-state index contributed by atoms with van der Waals surface area (Å²) in [6.07, 6.45) is 3.38. The van der Waals surface area contributed by atoms with E-state index >= 15 is 0 Å². The molecule has 134 valence electrons. The number of methoxy groups -OCH3 is 1. The number of nitrogens with one attached hydrogen (secondary N) is 2. The number of benzene rings is 1. The molecular formula is C18H22N2O5. The lowest BCUT2D eigenvalue weighted by Gasteiger charge is -2.28. The number of ether oxygens (including phenoxy) is 2. The van der Waals surface area contributed by atoms with Gasteiger partial charge in [0.25, 0.3) is 0 Å². The summed E-state index contributed by atoms with van der Waals surface area (Å²) >= 11 is 0. The quantitative estimate of drug-likeness (QED) is 0.739. The fraction of sp³-hybridized carbons (Fsp3) is 0.444. The second kappa shape index (κ2) is 7.57. The molecule has 2 aromatic rings. The van der Waals surface area contributed by atoms with Gasteiger partial charge in [-0.1, -0.05) is 6.07 Å². The predicted molar refractivity (Wildman–Crippen MR) is 91.7 cm³/mol. The van der Waals surface area contributed by atoms with Gasteiger partial charge >= 0.3 is 5.97 Å². The molecule has 1 amide bonds. The number of aliphatic carboxylic acids is 1. The van der Waals surface area contributed by atoms with Crippen LogP contribution in [0.3, 0.4) is 0 Å². The SMILES string of the molecule is COc1cccc2[nH]cc(CC(=O)NC(C(=O)O)C3CCCOC3)c12. The van der Waals surface area contributed by atoms with Crippen LogP contribution in [0.4, 0.5) is 0 Å². The Labute approximate surface area is 145 Å². The Bertz CT molecular complexity index is 764. The Morgan fingerprint density at radius 1 is 1.48 bits per heavy atom. The number of rotatable bonds is 6. The van der Waals surface area contributed by atoms with Gasteiger partial charge in [0.15, 0.2) is 0 Å². The highest BCUT2D eigenvalue weighted by Gasteiger charge is 2.31.